The third-order valence-electron chi connectivity index (χ3n) is 3.91. The zero-order valence-electron chi connectivity index (χ0n) is 13.0. The largest absolute Gasteiger partial charge is 0.439 e. The van der Waals surface area contributed by atoms with Crippen LogP contribution in [0.5, 0.6) is 11.6 Å². The second kappa shape index (κ2) is 6.58. The molecule has 0 aliphatic carbocycles. The van der Waals surface area contributed by atoms with Crippen LogP contribution in [0.4, 0.5) is 0 Å². The summed E-state index contributed by atoms with van der Waals surface area (Å²) in [5.41, 5.74) is 3.34. The molecule has 3 aromatic rings. The third-order valence-corrected chi connectivity index (χ3v) is 3.91. The van der Waals surface area contributed by atoms with Crippen molar-refractivity contribution in [2.45, 2.75) is 13.0 Å². The fourth-order valence-electron chi connectivity index (χ4n) is 2.78. The molecule has 0 atom stereocenters. The molecule has 2 aromatic heterocycles. The van der Waals surface area contributed by atoms with Gasteiger partial charge >= 0.3 is 0 Å². The molecule has 0 saturated heterocycles. The van der Waals surface area contributed by atoms with Gasteiger partial charge in [0.25, 0.3) is 0 Å². The third kappa shape index (κ3) is 2.93. The zero-order valence-corrected chi connectivity index (χ0v) is 13.0. The fraction of sp³-hybridized carbons (Fsp3) is 0.235. The van der Waals surface area contributed by atoms with Crippen LogP contribution in [0.1, 0.15) is 11.3 Å². The maximum atomic E-state index is 8.00. The zero-order chi connectivity index (χ0) is 16.2. The van der Waals surface area contributed by atoms with Gasteiger partial charge in [-0.3, -0.25) is 0 Å². The quantitative estimate of drug-likeness (QED) is 0.786. The fourth-order valence-corrected chi connectivity index (χ4v) is 2.78. The molecule has 0 bridgehead atoms. The van der Waals surface area contributed by atoms with E-state index in [9.17, 15) is 0 Å². The molecule has 1 aromatic carbocycles. The van der Waals surface area contributed by atoms with Crippen molar-refractivity contribution in [3.63, 3.8) is 0 Å². The van der Waals surface area contributed by atoms with Crippen molar-refractivity contribution in [3.05, 3.63) is 48.0 Å². The second-order valence-electron chi connectivity index (χ2n) is 5.28. The molecule has 6 nitrogen and oxygen atoms in total. The average molecular weight is 310 g/mol. The Bertz CT molecular complexity index is 829. The smallest absolute Gasteiger partial charge is 0.225 e. The van der Waals surface area contributed by atoms with Gasteiger partial charge in [-0.1, -0.05) is 0 Å². The van der Waals surface area contributed by atoms with Crippen molar-refractivity contribution in [3.8, 4) is 11.6 Å². The summed E-state index contributed by atoms with van der Waals surface area (Å²) in [6.45, 7) is 3.72. The van der Waals surface area contributed by atoms with Crippen LogP contribution in [0.3, 0.4) is 0 Å². The Labute approximate surface area is 134 Å². The lowest BCUT2D eigenvalue weighted by Crippen LogP contribution is -2.25. The number of benzene rings is 1. The van der Waals surface area contributed by atoms with Gasteiger partial charge in [-0.2, -0.15) is 0 Å². The van der Waals surface area contributed by atoms with Crippen LogP contribution in [0.15, 0.2) is 36.8 Å². The van der Waals surface area contributed by atoms with Gasteiger partial charge < -0.3 is 19.4 Å². The van der Waals surface area contributed by atoms with Crippen LogP contribution < -0.4 is 10.1 Å². The number of hydrogen-bond donors (Lipinski definition) is 1. The van der Waals surface area contributed by atoms with E-state index in [0.29, 0.717) is 5.88 Å². The van der Waals surface area contributed by atoms with Crippen molar-refractivity contribution in [2.24, 2.45) is 7.05 Å². The Balaban J connectivity index is 0.000000753. The molecule has 23 heavy (non-hydrogen) atoms. The number of aromatic nitrogens is 3. The Morgan fingerprint density at radius 2 is 2.13 bits per heavy atom. The van der Waals surface area contributed by atoms with Crippen LogP contribution in [-0.2, 0) is 24.8 Å². The molecule has 118 valence electrons. The number of carbonyl (C=O) groups is 1. The van der Waals surface area contributed by atoms with Gasteiger partial charge in [0, 0.05) is 36.3 Å². The molecule has 3 heterocycles. The van der Waals surface area contributed by atoms with E-state index in [1.165, 1.54) is 10.9 Å². The molecule has 1 aliphatic heterocycles. The molecule has 1 aliphatic rings. The minimum absolute atomic E-state index is 0.678. The van der Waals surface area contributed by atoms with Crippen LogP contribution in [0, 0.1) is 0 Å². The summed E-state index contributed by atoms with van der Waals surface area (Å²) in [6.07, 6.45) is 4.52. The Kier molecular flexibility index (Phi) is 4.34. The van der Waals surface area contributed by atoms with Crippen molar-refractivity contribution in [1.82, 2.24) is 19.9 Å². The maximum Gasteiger partial charge on any atom is 0.225 e. The first kappa shape index (κ1) is 15.2. The van der Waals surface area contributed by atoms with E-state index < -0.39 is 0 Å². The summed E-state index contributed by atoms with van der Waals surface area (Å²) in [4.78, 5) is 16.6. The lowest BCUT2D eigenvalue weighted by molar-refractivity contribution is -0.0979. The van der Waals surface area contributed by atoms with Gasteiger partial charge in [0.2, 0.25) is 5.88 Å². The molecular formula is C17H18N4O2. The number of rotatable bonds is 2. The van der Waals surface area contributed by atoms with E-state index in [-0.39, 0.29) is 0 Å². The number of hydrogen-bond acceptors (Lipinski definition) is 5. The summed E-state index contributed by atoms with van der Waals surface area (Å²) in [5.74, 6) is 1.49. The number of fused-ring (bicyclic) bond motifs is 2. The summed E-state index contributed by atoms with van der Waals surface area (Å²) in [5, 5.41) is 4.48. The number of ether oxygens (including phenoxy) is 1. The minimum Gasteiger partial charge on any atom is -0.439 e. The highest BCUT2D eigenvalue weighted by Crippen LogP contribution is 2.28. The van der Waals surface area contributed by atoms with Crippen molar-refractivity contribution < 1.29 is 9.53 Å². The Morgan fingerprint density at radius 1 is 1.26 bits per heavy atom. The maximum absolute atomic E-state index is 8.00. The van der Waals surface area contributed by atoms with Gasteiger partial charge in [0.1, 0.15) is 18.9 Å². The minimum atomic E-state index is 0.678. The summed E-state index contributed by atoms with van der Waals surface area (Å²) in [7, 11) is 2.04. The van der Waals surface area contributed by atoms with Gasteiger partial charge in [-0.25, -0.2) is 9.97 Å². The molecule has 6 heteroatoms. The summed E-state index contributed by atoms with van der Waals surface area (Å²) < 4.78 is 8.10. The lowest BCUT2D eigenvalue weighted by Gasteiger charge is -2.18. The first-order chi connectivity index (χ1) is 11.3. The highest BCUT2D eigenvalue weighted by atomic mass is 16.5. The van der Waals surface area contributed by atoms with Gasteiger partial charge in [-0.05, 0) is 37.2 Å². The highest BCUT2D eigenvalue weighted by molar-refractivity contribution is 5.81. The first-order valence-electron chi connectivity index (χ1n) is 7.36. The van der Waals surface area contributed by atoms with E-state index in [2.05, 4.69) is 32.0 Å². The van der Waals surface area contributed by atoms with E-state index in [1.807, 2.05) is 32.2 Å². The molecule has 0 amide bonds. The molecule has 0 fully saturated rings. The first-order valence-corrected chi connectivity index (χ1v) is 7.36. The molecule has 4 rings (SSSR count). The summed E-state index contributed by atoms with van der Waals surface area (Å²) >= 11 is 0. The average Bonchev–Trinajstić information content (AvgIpc) is 2.98. The monoisotopic (exact) mass is 310 g/mol. The van der Waals surface area contributed by atoms with E-state index >= 15 is 0 Å². The molecular weight excluding hydrogens is 292 g/mol. The summed E-state index contributed by atoms with van der Waals surface area (Å²) in [6, 6.07) is 8.18. The molecule has 0 unspecified atom stereocenters. The Hall–Kier alpha value is -2.73. The van der Waals surface area contributed by atoms with Crippen LogP contribution in [-0.4, -0.2) is 27.9 Å². The van der Waals surface area contributed by atoms with Crippen molar-refractivity contribution in [2.75, 3.05) is 6.54 Å². The second-order valence-corrected chi connectivity index (χ2v) is 5.28. The number of nitrogens with zero attached hydrogens (tertiary/aromatic N) is 3. The van der Waals surface area contributed by atoms with Crippen molar-refractivity contribution in [1.29, 1.82) is 0 Å². The predicted octanol–water partition coefficient (Wildman–Crippen LogP) is 2.22. The van der Waals surface area contributed by atoms with E-state index in [1.54, 1.807) is 6.33 Å². The van der Waals surface area contributed by atoms with Crippen LogP contribution in [0.2, 0.25) is 0 Å². The Morgan fingerprint density at radius 3 is 3.00 bits per heavy atom. The van der Waals surface area contributed by atoms with Gasteiger partial charge in [-0.15, -0.1) is 0 Å². The van der Waals surface area contributed by atoms with E-state index in [4.69, 9.17) is 9.53 Å². The predicted molar refractivity (Wildman–Crippen MR) is 87.6 cm³/mol. The highest BCUT2D eigenvalue weighted by Gasteiger charge is 2.16. The normalized spacial score (nSPS) is 13.1. The topological polar surface area (TPSA) is 69.0 Å². The molecule has 1 N–H and O–H groups in total. The van der Waals surface area contributed by atoms with Crippen molar-refractivity contribution >= 4 is 17.7 Å². The number of carbonyl (C=O) groups excluding carboxylic acids is 1. The standard InChI is InChI=1S/C16H16N4O.CH2O/c1-20-7-5-11-8-12(2-3-15(11)20)21-16-13-4-6-17-9-14(13)18-10-19-16;1-2/h2-3,5,7-8,10,17H,4,6,9H2,1H3;1H2. The van der Waals surface area contributed by atoms with E-state index in [0.717, 1.165) is 36.5 Å². The molecule has 0 saturated carbocycles. The van der Waals surface area contributed by atoms with Gasteiger partial charge in [0.05, 0.1) is 5.69 Å². The number of nitrogens with one attached hydrogen (secondary N) is 1. The molecule has 0 spiro atoms. The molecule has 0 radical (unpaired) electrons. The van der Waals surface area contributed by atoms with Crippen LogP contribution >= 0.6 is 0 Å². The van der Waals surface area contributed by atoms with Gasteiger partial charge in [0.15, 0.2) is 0 Å². The lowest BCUT2D eigenvalue weighted by atomic mass is 10.1. The number of aryl methyl sites for hydroxylation is 1. The SMILES string of the molecule is C=O.Cn1ccc2cc(Oc3ncnc4c3CCNC4)ccc21. The van der Waals surface area contributed by atoms with Crippen LogP contribution in [0.25, 0.3) is 10.9 Å².